The van der Waals surface area contributed by atoms with Gasteiger partial charge in [-0.25, -0.2) is 23.7 Å². The van der Waals surface area contributed by atoms with Crippen molar-refractivity contribution in [2.24, 2.45) is 21.6 Å². The lowest BCUT2D eigenvalue weighted by Gasteiger charge is -2.18. The van der Waals surface area contributed by atoms with Gasteiger partial charge >= 0.3 is 0 Å². The third-order valence-corrected chi connectivity index (χ3v) is 8.33. The lowest BCUT2D eigenvalue weighted by atomic mass is 9.95. The lowest BCUT2D eigenvalue weighted by molar-refractivity contribution is -0.123. The second-order valence-corrected chi connectivity index (χ2v) is 11.7. The van der Waals surface area contributed by atoms with Crippen LogP contribution in [0.15, 0.2) is 76.8 Å². The molecule has 46 heavy (non-hydrogen) atoms. The van der Waals surface area contributed by atoms with Crippen molar-refractivity contribution < 1.29 is 13.6 Å². The largest absolute Gasteiger partial charge is 0.369 e. The molecule has 3 aromatic carbocycles. The van der Waals surface area contributed by atoms with Gasteiger partial charge in [0.25, 0.3) is 0 Å². The van der Waals surface area contributed by atoms with Crippen molar-refractivity contribution in [3.63, 3.8) is 0 Å². The third kappa shape index (κ3) is 6.90. The van der Waals surface area contributed by atoms with Crippen molar-refractivity contribution in [2.75, 3.05) is 19.4 Å². The summed E-state index contributed by atoms with van der Waals surface area (Å²) >= 11 is 6.32. The summed E-state index contributed by atoms with van der Waals surface area (Å²) < 4.78 is 29.7. The van der Waals surface area contributed by atoms with Gasteiger partial charge in [0.15, 0.2) is 0 Å². The van der Waals surface area contributed by atoms with E-state index in [2.05, 4.69) is 30.5 Å². The first-order chi connectivity index (χ1) is 21.7. The Morgan fingerprint density at radius 3 is 2.48 bits per heavy atom. The molecule has 4 aromatic rings. The number of anilines is 2. The molecule has 0 saturated heterocycles. The minimum atomic E-state index is -0.719. The molecule has 1 aliphatic heterocycles. The quantitative estimate of drug-likeness (QED) is 0.161. The standard InChI is InChI=1S/C33H31ClF2N8O.CH4/c1-44(2)23-12-6-18(14-23)31(45)43-32(37)40-21-8-10-22(11-9-21)41-33-39-17-19-16-38-30(28-26(35)4-3-5-27(28)36)25-15-20(34)7-13-24(25)29(19)42-33;/h3-5,7-11,13,15,17-18,23H,6,12,14,16H2,1-2H3,(H,39,41,42)(H3,37,40,43,45);1H4. The van der Waals surface area contributed by atoms with Crippen LogP contribution in [0.2, 0.25) is 5.02 Å². The smallest absolute Gasteiger partial charge is 0.229 e. The van der Waals surface area contributed by atoms with Crippen molar-refractivity contribution in [3.8, 4) is 11.3 Å². The first kappa shape index (κ1) is 32.6. The van der Waals surface area contributed by atoms with Crippen molar-refractivity contribution in [2.45, 2.75) is 39.3 Å². The zero-order chi connectivity index (χ0) is 31.7. The number of carbonyl (C=O) groups is 1. The molecule has 2 heterocycles. The first-order valence-corrected chi connectivity index (χ1v) is 14.9. The van der Waals surface area contributed by atoms with E-state index >= 15 is 0 Å². The number of nitrogens with one attached hydrogen (secondary N) is 2. The van der Waals surface area contributed by atoms with Crippen LogP contribution in [0.5, 0.6) is 0 Å². The molecule has 0 radical (unpaired) electrons. The number of nitrogens with two attached hydrogens (primary N) is 1. The Kier molecular flexibility index (Phi) is 9.74. The molecule has 4 N–H and O–H groups in total. The molecular formula is C34H35ClF2N8O. The van der Waals surface area contributed by atoms with E-state index in [0.717, 1.165) is 19.3 Å². The minimum absolute atomic E-state index is 0. The molecule has 9 nitrogen and oxygen atoms in total. The van der Waals surface area contributed by atoms with Gasteiger partial charge in [0.1, 0.15) is 11.6 Å². The predicted octanol–water partition coefficient (Wildman–Crippen LogP) is 6.60. The summed E-state index contributed by atoms with van der Waals surface area (Å²) in [6, 6.07) is 16.3. The molecule has 2 atom stereocenters. The average Bonchev–Trinajstić information content (AvgIpc) is 3.46. The van der Waals surface area contributed by atoms with Gasteiger partial charge in [-0.05, 0) is 81.9 Å². The van der Waals surface area contributed by atoms with Gasteiger partial charge in [-0.1, -0.05) is 31.2 Å². The predicted molar refractivity (Wildman–Crippen MR) is 179 cm³/mol. The number of nitrogens with zero attached hydrogens (tertiary/aromatic N) is 5. The molecule has 238 valence electrons. The van der Waals surface area contributed by atoms with Crippen molar-refractivity contribution in [3.05, 3.63) is 100 Å². The van der Waals surface area contributed by atoms with E-state index in [0.29, 0.717) is 50.8 Å². The second-order valence-electron chi connectivity index (χ2n) is 11.3. The highest BCUT2D eigenvalue weighted by Gasteiger charge is 2.31. The summed E-state index contributed by atoms with van der Waals surface area (Å²) in [6.45, 7) is 0.118. The monoisotopic (exact) mass is 644 g/mol. The Bertz CT molecular complexity index is 1810. The number of fused-ring (bicyclic) bond motifs is 3. The van der Waals surface area contributed by atoms with Crippen LogP contribution in [-0.4, -0.2) is 52.6 Å². The highest BCUT2D eigenvalue weighted by atomic mass is 35.5. The Morgan fingerprint density at radius 2 is 1.78 bits per heavy atom. The number of amides is 1. The van der Waals surface area contributed by atoms with Gasteiger partial charge < -0.3 is 16.0 Å². The van der Waals surface area contributed by atoms with E-state index in [1.807, 2.05) is 14.1 Å². The maximum atomic E-state index is 14.8. The van der Waals surface area contributed by atoms with E-state index in [4.69, 9.17) is 22.3 Å². The van der Waals surface area contributed by atoms with Crippen LogP contribution in [0, 0.1) is 17.6 Å². The number of halogens is 3. The molecule has 1 aliphatic carbocycles. The maximum absolute atomic E-state index is 14.8. The number of aromatic nitrogens is 2. The fourth-order valence-electron chi connectivity index (χ4n) is 5.73. The highest BCUT2D eigenvalue weighted by molar-refractivity contribution is 6.31. The molecule has 2 unspecified atom stereocenters. The summed E-state index contributed by atoms with van der Waals surface area (Å²) in [7, 11) is 4.05. The third-order valence-electron chi connectivity index (χ3n) is 8.09. The molecule has 0 bridgehead atoms. The number of guanidine groups is 1. The van der Waals surface area contributed by atoms with E-state index in [-0.39, 0.29) is 43.0 Å². The first-order valence-electron chi connectivity index (χ1n) is 14.5. The molecule has 1 amide bonds. The molecular weight excluding hydrogens is 610 g/mol. The summed E-state index contributed by atoms with van der Waals surface area (Å²) in [4.78, 5) is 32.9. The van der Waals surface area contributed by atoms with E-state index in [1.165, 1.54) is 18.2 Å². The molecule has 6 rings (SSSR count). The molecule has 12 heteroatoms. The van der Waals surface area contributed by atoms with Crippen molar-refractivity contribution >= 4 is 46.5 Å². The fraction of sp³-hybridized carbons (Fsp3) is 0.265. The molecule has 1 saturated carbocycles. The number of rotatable bonds is 6. The maximum Gasteiger partial charge on any atom is 0.229 e. The SMILES string of the molecule is C.CN(C)C1CCC(C(=O)NC(N)=Nc2ccc(Nc3ncc4c(n3)-c3ccc(Cl)cc3C(c3c(F)cccc3F)=NC4)cc2)C1. The topological polar surface area (TPSA) is 121 Å². The van der Waals surface area contributed by atoms with Gasteiger partial charge in [-0.2, -0.15) is 0 Å². The van der Waals surface area contributed by atoms with Crippen LogP contribution in [0.1, 0.15) is 43.4 Å². The summed E-state index contributed by atoms with van der Waals surface area (Å²) in [5, 5.41) is 6.30. The normalized spacial score (nSPS) is 17.3. The number of carbonyl (C=O) groups excluding carboxylic acids is 1. The summed E-state index contributed by atoms with van der Waals surface area (Å²) in [5.74, 6) is -1.28. The van der Waals surface area contributed by atoms with E-state index < -0.39 is 11.6 Å². The van der Waals surface area contributed by atoms with Crippen LogP contribution in [0.4, 0.5) is 26.1 Å². The Hall–Kier alpha value is -4.74. The fourth-order valence-corrected chi connectivity index (χ4v) is 5.90. The highest BCUT2D eigenvalue weighted by Crippen LogP contribution is 2.35. The van der Waals surface area contributed by atoms with Crippen LogP contribution in [0.25, 0.3) is 11.3 Å². The minimum Gasteiger partial charge on any atom is -0.369 e. The van der Waals surface area contributed by atoms with Crippen molar-refractivity contribution in [1.29, 1.82) is 0 Å². The van der Waals surface area contributed by atoms with Gasteiger partial charge in [0, 0.05) is 45.6 Å². The van der Waals surface area contributed by atoms with Crippen LogP contribution < -0.4 is 16.4 Å². The average molecular weight is 645 g/mol. The molecule has 1 aromatic heterocycles. The van der Waals surface area contributed by atoms with Crippen LogP contribution in [-0.2, 0) is 11.3 Å². The van der Waals surface area contributed by atoms with Crippen LogP contribution >= 0.6 is 11.6 Å². The second kappa shape index (κ2) is 13.7. The van der Waals surface area contributed by atoms with Gasteiger partial charge in [-0.3, -0.25) is 15.1 Å². The Balaban J connectivity index is 0.00000417. The molecule has 1 fully saturated rings. The van der Waals surface area contributed by atoms with Crippen molar-refractivity contribution in [1.82, 2.24) is 20.2 Å². The van der Waals surface area contributed by atoms with Gasteiger partial charge in [0.2, 0.25) is 17.8 Å². The van der Waals surface area contributed by atoms with E-state index in [1.54, 1.807) is 48.7 Å². The number of hydrogen-bond acceptors (Lipinski definition) is 7. The molecule has 2 aliphatic rings. The number of hydrogen-bond donors (Lipinski definition) is 3. The number of aliphatic imine (C=N–C) groups is 2. The zero-order valence-electron chi connectivity index (χ0n) is 24.7. The van der Waals surface area contributed by atoms with E-state index in [9.17, 15) is 13.6 Å². The lowest BCUT2D eigenvalue weighted by Crippen LogP contribution is -2.40. The summed E-state index contributed by atoms with van der Waals surface area (Å²) in [5.41, 5.74) is 9.56. The zero-order valence-corrected chi connectivity index (χ0v) is 25.4. The van der Waals surface area contributed by atoms with Gasteiger partial charge in [-0.15, -0.1) is 0 Å². The van der Waals surface area contributed by atoms with Gasteiger partial charge in [0.05, 0.1) is 29.2 Å². The molecule has 0 spiro atoms. The Labute approximate surface area is 271 Å². The summed E-state index contributed by atoms with van der Waals surface area (Å²) in [6.07, 6.45) is 4.24. The van der Waals surface area contributed by atoms with Crippen LogP contribution in [0.3, 0.4) is 0 Å². The Morgan fingerprint density at radius 1 is 1.04 bits per heavy atom. The number of benzene rings is 3.